The molecule has 0 saturated carbocycles. The van der Waals surface area contributed by atoms with E-state index in [1.165, 1.54) is 18.2 Å². The summed E-state index contributed by atoms with van der Waals surface area (Å²) in [5.41, 5.74) is 0.502. The molecule has 2 nitrogen and oxygen atoms in total. The van der Waals surface area contributed by atoms with Crippen LogP contribution in [0.25, 0.3) is 0 Å². The van der Waals surface area contributed by atoms with Crippen molar-refractivity contribution in [2.45, 2.75) is 31.1 Å². The normalized spacial score (nSPS) is 21.5. The topological polar surface area (TPSA) is 40.5 Å². The molecule has 1 aliphatic carbocycles. The van der Waals surface area contributed by atoms with Gasteiger partial charge < -0.3 is 10.2 Å². The van der Waals surface area contributed by atoms with E-state index in [2.05, 4.69) is 6.08 Å². The molecule has 0 amide bonds. The zero-order valence-corrected chi connectivity index (χ0v) is 12.3. The molecule has 0 saturated heterocycles. The number of allylic oxidation sites excluding steroid dienone is 2. The lowest BCUT2D eigenvalue weighted by molar-refractivity contribution is 0.429. The summed E-state index contributed by atoms with van der Waals surface area (Å²) in [6.07, 6.45) is 7.74. The van der Waals surface area contributed by atoms with E-state index in [-0.39, 0.29) is 11.5 Å². The third kappa shape index (κ3) is 2.47. The number of aromatic hydroxyl groups is 2. The molecule has 1 aliphatic rings. The minimum Gasteiger partial charge on any atom is -0.508 e. The van der Waals surface area contributed by atoms with Crippen molar-refractivity contribution in [3.05, 3.63) is 71.6 Å². The molecule has 1 unspecified atom stereocenters. The van der Waals surface area contributed by atoms with E-state index < -0.39 is 11.2 Å². The summed E-state index contributed by atoms with van der Waals surface area (Å²) in [5.74, 6) is -0.256. The summed E-state index contributed by atoms with van der Waals surface area (Å²) in [6, 6.07) is 11.2. The minimum absolute atomic E-state index is 0.0281. The Hall–Kier alpha value is -2.29. The standard InChI is InChI=1S/C19H19FO2/c20-16-6-5-7-17(22)18(16)19(12-3-1-2-4-13-19)14-8-10-15(21)11-9-14/h3,5-12,21-22H,1-2,4,13H2. The molecule has 1 atom stereocenters. The highest BCUT2D eigenvalue weighted by Gasteiger charge is 2.36. The highest BCUT2D eigenvalue weighted by molar-refractivity contribution is 5.52. The molecule has 0 heterocycles. The zero-order chi connectivity index (χ0) is 15.6. The molecule has 114 valence electrons. The largest absolute Gasteiger partial charge is 0.508 e. The van der Waals surface area contributed by atoms with Crippen LogP contribution in [0.1, 0.15) is 36.8 Å². The van der Waals surface area contributed by atoms with Crippen molar-refractivity contribution < 1.29 is 14.6 Å². The molecule has 2 aromatic carbocycles. The Morgan fingerprint density at radius 1 is 0.955 bits per heavy atom. The second-order valence-corrected chi connectivity index (χ2v) is 5.80. The van der Waals surface area contributed by atoms with Crippen LogP contribution in [0, 0.1) is 5.82 Å². The van der Waals surface area contributed by atoms with E-state index >= 15 is 0 Å². The minimum atomic E-state index is -0.695. The molecule has 0 spiro atoms. The van der Waals surface area contributed by atoms with Gasteiger partial charge in [0.15, 0.2) is 0 Å². The van der Waals surface area contributed by atoms with Gasteiger partial charge in [0.2, 0.25) is 0 Å². The molecule has 0 aliphatic heterocycles. The van der Waals surface area contributed by atoms with Gasteiger partial charge in [-0.15, -0.1) is 0 Å². The van der Waals surface area contributed by atoms with Crippen LogP contribution in [0.15, 0.2) is 54.6 Å². The second-order valence-electron chi connectivity index (χ2n) is 5.80. The Balaban J connectivity index is 2.25. The van der Waals surface area contributed by atoms with Crippen molar-refractivity contribution in [3.8, 4) is 11.5 Å². The first-order valence-corrected chi connectivity index (χ1v) is 7.59. The van der Waals surface area contributed by atoms with Crippen molar-refractivity contribution >= 4 is 0 Å². The summed E-state index contributed by atoms with van der Waals surface area (Å²) < 4.78 is 14.5. The Morgan fingerprint density at radius 3 is 2.45 bits per heavy atom. The van der Waals surface area contributed by atoms with E-state index in [4.69, 9.17) is 0 Å². The van der Waals surface area contributed by atoms with Gasteiger partial charge in [0.25, 0.3) is 0 Å². The molecular formula is C19H19FO2. The Morgan fingerprint density at radius 2 is 1.73 bits per heavy atom. The number of phenols is 2. The number of hydrogen-bond donors (Lipinski definition) is 2. The van der Waals surface area contributed by atoms with E-state index in [9.17, 15) is 14.6 Å². The fourth-order valence-electron chi connectivity index (χ4n) is 3.34. The van der Waals surface area contributed by atoms with Crippen LogP contribution in [-0.4, -0.2) is 10.2 Å². The molecule has 3 rings (SSSR count). The third-order valence-electron chi connectivity index (χ3n) is 4.41. The first-order valence-electron chi connectivity index (χ1n) is 7.59. The van der Waals surface area contributed by atoms with Crippen molar-refractivity contribution in [2.24, 2.45) is 0 Å². The average molecular weight is 298 g/mol. The van der Waals surface area contributed by atoms with Crippen LogP contribution in [0.4, 0.5) is 4.39 Å². The molecule has 0 fully saturated rings. The molecule has 0 bridgehead atoms. The second kappa shape index (κ2) is 5.84. The molecule has 22 heavy (non-hydrogen) atoms. The predicted molar refractivity (Wildman–Crippen MR) is 84.6 cm³/mol. The van der Waals surface area contributed by atoms with Crippen LogP contribution >= 0.6 is 0 Å². The number of rotatable bonds is 2. The van der Waals surface area contributed by atoms with Gasteiger partial charge in [-0.2, -0.15) is 0 Å². The summed E-state index contributed by atoms with van der Waals surface area (Å²) in [4.78, 5) is 0. The Bertz CT molecular complexity index is 671. The summed E-state index contributed by atoms with van der Waals surface area (Å²) in [5, 5.41) is 19.8. The molecule has 2 N–H and O–H groups in total. The van der Waals surface area contributed by atoms with Crippen molar-refractivity contribution in [1.29, 1.82) is 0 Å². The molecular weight excluding hydrogens is 279 g/mol. The highest BCUT2D eigenvalue weighted by Crippen LogP contribution is 2.45. The van der Waals surface area contributed by atoms with E-state index in [0.29, 0.717) is 5.56 Å². The summed E-state index contributed by atoms with van der Waals surface area (Å²) >= 11 is 0. The van der Waals surface area contributed by atoms with Crippen LogP contribution < -0.4 is 0 Å². The van der Waals surface area contributed by atoms with Gasteiger partial charge in [0, 0.05) is 11.0 Å². The van der Waals surface area contributed by atoms with Gasteiger partial charge in [-0.25, -0.2) is 4.39 Å². The lowest BCUT2D eigenvalue weighted by atomic mass is 9.71. The summed E-state index contributed by atoms with van der Waals surface area (Å²) in [6.45, 7) is 0. The van der Waals surface area contributed by atoms with Crippen LogP contribution in [0.5, 0.6) is 11.5 Å². The lowest BCUT2D eigenvalue weighted by Gasteiger charge is -2.32. The fourth-order valence-corrected chi connectivity index (χ4v) is 3.34. The van der Waals surface area contributed by atoms with Crippen molar-refractivity contribution in [3.63, 3.8) is 0 Å². The van der Waals surface area contributed by atoms with Crippen LogP contribution in [0.3, 0.4) is 0 Å². The average Bonchev–Trinajstić information content (AvgIpc) is 2.75. The predicted octanol–water partition coefficient (Wildman–Crippen LogP) is 4.65. The van der Waals surface area contributed by atoms with Gasteiger partial charge in [0.1, 0.15) is 17.3 Å². The number of halogens is 1. The SMILES string of the molecule is Oc1ccc(C2(c3c(O)cccc3F)C=CCCCC2)cc1. The van der Waals surface area contributed by atoms with Crippen molar-refractivity contribution in [2.75, 3.05) is 0 Å². The maximum absolute atomic E-state index is 14.5. The third-order valence-corrected chi connectivity index (χ3v) is 4.41. The molecule has 2 aromatic rings. The van der Waals surface area contributed by atoms with Gasteiger partial charge in [-0.05, 0) is 49.1 Å². The number of phenolic OH excluding ortho intramolecular Hbond substituents is 2. The van der Waals surface area contributed by atoms with Gasteiger partial charge >= 0.3 is 0 Å². The molecule has 0 aromatic heterocycles. The highest BCUT2D eigenvalue weighted by atomic mass is 19.1. The van der Waals surface area contributed by atoms with Crippen molar-refractivity contribution in [1.82, 2.24) is 0 Å². The number of hydrogen-bond acceptors (Lipinski definition) is 2. The fraction of sp³-hybridized carbons (Fsp3) is 0.263. The zero-order valence-electron chi connectivity index (χ0n) is 12.3. The van der Waals surface area contributed by atoms with E-state index in [1.54, 1.807) is 24.3 Å². The van der Waals surface area contributed by atoms with E-state index in [0.717, 1.165) is 31.2 Å². The summed E-state index contributed by atoms with van der Waals surface area (Å²) in [7, 11) is 0. The first-order chi connectivity index (χ1) is 10.6. The smallest absolute Gasteiger partial charge is 0.131 e. The number of benzene rings is 2. The van der Waals surface area contributed by atoms with Crippen LogP contribution in [0.2, 0.25) is 0 Å². The van der Waals surface area contributed by atoms with Crippen LogP contribution in [-0.2, 0) is 5.41 Å². The van der Waals surface area contributed by atoms with Gasteiger partial charge in [-0.1, -0.05) is 36.8 Å². The molecule has 0 radical (unpaired) electrons. The van der Waals surface area contributed by atoms with E-state index in [1.807, 2.05) is 6.08 Å². The first kappa shape index (κ1) is 14.6. The Labute approximate surface area is 129 Å². The Kier molecular flexibility index (Phi) is 3.88. The van der Waals surface area contributed by atoms with Gasteiger partial charge in [0.05, 0.1) is 0 Å². The monoisotopic (exact) mass is 298 g/mol. The maximum Gasteiger partial charge on any atom is 0.131 e. The molecule has 3 heteroatoms. The maximum atomic E-state index is 14.5. The lowest BCUT2D eigenvalue weighted by Crippen LogP contribution is -2.26. The quantitative estimate of drug-likeness (QED) is 0.792. The van der Waals surface area contributed by atoms with Gasteiger partial charge in [-0.3, -0.25) is 0 Å².